The summed E-state index contributed by atoms with van der Waals surface area (Å²) in [6, 6.07) is 1.61. The molecule has 114 valence electrons. The Morgan fingerprint density at radius 2 is 2.24 bits per heavy atom. The quantitative estimate of drug-likeness (QED) is 0.892. The first-order valence-corrected chi connectivity index (χ1v) is 8.33. The van der Waals surface area contributed by atoms with Gasteiger partial charge in [0.05, 0.1) is 5.69 Å². The molecule has 7 heteroatoms. The SMILES string of the molecule is CNCCC1CCN(Cc2cc(=O)n3ncsc3n2)CC1. The van der Waals surface area contributed by atoms with Gasteiger partial charge in [-0.2, -0.15) is 9.61 Å². The number of piperidine rings is 1. The molecule has 1 aliphatic heterocycles. The highest BCUT2D eigenvalue weighted by Gasteiger charge is 2.19. The zero-order valence-corrected chi connectivity index (χ0v) is 13.1. The Morgan fingerprint density at radius 3 is 3.00 bits per heavy atom. The third-order valence-electron chi connectivity index (χ3n) is 4.14. The van der Waals surface area contributed by atoms with Crippen LogP contribution in [-0.2, 0) is 6.54 Å². The lowest BCUT2D eigenvalue weighted by molar-refractivity contribution is 0.171. The van der Waals surface area contributed by atoms with Crippen molar-refractivity contribution in [1.82, 2.24) is 24.8 Å². The molecule has 3 heterocycles. The molecule has 1 fully saturated rings. The van der Waals surface area contributed by atoms with E-state index in [2.05, 4.69) is 20.3 Å². The Morgan fingerprint density at radius 1 is 1.43 bits per heavy atom. The van der Waals surface area contributed by atoms with Crippen molar-refractivity contribution in [3.63, 3.8) is 0 Å². The minimum atomic E-state index is -0.0832. The third-order valence-corrected chi connectivity index (χ3v) is 4.81. The molecule has 0 amide bonds. The van der Waals surface area contributed by atoms with Crippen LogP contribution in [0.25, 0.3) is 4.96 Å². The van der Waals surface area contributed by atoms with Gasteiger partial charge in [-0.15, -0.1) is 0 Å². The van der Waals surface area contributed by atoms with E-state index < -0.39 is 0 Å². The van der Waals surface area contributed by atoms with Crippen molar-refractivity contribution in [3.8, 4) is 0 Å². The van der Waals surface area contributed by atoms with E-state index in [0.29, 0.717) is 4.96 Å². The largest absolute Gasteiger partial charge is 0.320 e. The summed E-state index contributed by atoms with van der Waals surface area (Å²) in [6.45, 7) is 4.06. The molecule has 3 rings (SSSR count). The zero-order valence-electron chi connectivity index (χ0n) is 12.3. The van der Waals surface area contributed by atoms with E-state index in [4.69, 9.17) is 0 Å². The molecule has 2 aromatic rings. The Hall–Kier alpha value is -1.31. The van der Waals surface area contributed by atoms with Gasteiger partial charge in [0.15, 0.2) is 0 Å². The molecule has 0 atom stereocenters. The van der Waals surface area contributed by atoms with Gasteiger partial charge in [-0.3, -0.25) is 9.69 Å². The van der Waals surface area contributed by atoms with Crippen molar-refractivity contribution in [2.75, 3.05) is 26.7 Å². The zero-order chi connectivity index (χ0) is 14.7. The van der Waals surface area contributed by atoms with Gasteiger partial charge in [0.25, 0.3) is 5.56 Å². The molecule has 0 radical (unpaired) electrons. The number of rotatable bonds is 5. The second kappa shape index (κ2) is 6.64. The molecular weight excluding hydrogens is 286 g/mol. The molecule has 0 aliphatic carbocycles. The number of likely N-dealkylation sites (tertiary alicyclic amines) is 1. The second-order valence-electron chi connectivity index (χ2n) is 5.63. The van der Waals surface area contributed by atoms with Crippen LogP contribution in [0.4, 0.5) is 0 Å². The summed E-state index contributed by atoms with van der Waals surface area (Å²) in [7, 11) is 2.01. The molecule has 1 saturated heterocycles. The Kier molecular flexibility index (Phi) is 4.62. The lowest BCUT2D eigenvalue weighted by Gasteiger charge is -2.31. The predicted molar refractivity (Wildman–Crippen MR) is 83.7 cm³/mol. The number of nitrogens with one attached hydrogen (secondary N) is 1. The van der Waals surface area contributed by atoms with E-state index in [-0.39, 0.29) is 5.56 Å². The number of aromatic nitrogens is 3. The van der Waals surface area contributed by atoms with Crippen LogP contribution in [0.3, 0.4) is 0 Å². The number of nitrogens with zero attached hydrogens (tertiary/aromatic N) is 4. The van der Waals surface area contributed by atoms with Crippen LogP contribution in [0.1, 0.15) is 25.0 Å². The summed E-state index contributed by atoms with van der Waals surface area (Å²) in [4.78, 5) is 19.5. The fourth-order valence-electron chi connectivity index (χ4n) is 2.89. The fraction of sp³-hybridized carbons (Fsp3) is 0.643. The minimum absolute atomic E-state index is 0.0832. The highest BCUT2D eigenvalue weighted by atomic mass is 32.1. The van der Waals surface area contributed by atoms with Gasteiger partial charge in [-0.05, 0) is 51.9 Å². The molecular formula is C14H21N5OS. The first-order chi connectivity index (χ1) is 10.3. The molecule has 0 saturated carbocycles. The van der Waals surface area contributed by atoms with Crippen molar-refractivity contribution in [1.29, 1.82) is 0 Å². The highest BCUT2D eigenvalue weighted by molar-refractivity contribution is 7.14. The maximum absolute atomic E-state index is 11.9. The monoisotopic (exact) mass is 307 g/mol. The van der Waals surface area contributed by atoms with Crippen molar-refractivity contribution in [2.24, 2.45) is 5.92 Å². The fourth-order valence-corrected chi connectivity index (χ4v) is 3.54. The molecule has 0 aromatic carbocycles. The van der Waals surface area contributed by atoms with Crippen LogP contribution in [0.2, 0.25) is 0 Å². The maximum atomic E-state index is 11.9. The van der Waals surface area contributed by atoms with Crippen LogP contribution in [-0.4, -0.2) is 46.2 Å². The van der Waals surface area contributed by atoms with Crippen molar-refractivity contribution in [3.05, 3.63) is 27.6 Å². The lowest BCUT2D eigenvalue weighted by Crippen LogP contribution is -2.34. The van der Waals surface area contributed by atoms with Gasteiger partial charge in [0.2, 0.25) is 4.96 Å². The van der Waals surface area contributed by atoms with E-state index in [1.165, 1.54) is 35.1 Å². The Bertz CT molecular complexity index is 644. The molecule has 0 spiro atoms. The summed E-state index contributed by atoms with van der Waals surface area (Å²) < 4.78 is 1.36. The van der Waals surface area contributed by atoms with E-state index in [1.54, 1.807) is 11.6 Å². The minimum Gasteiger partial charge on any atom is -0.320 e. The van der Waals surface area contributed by atoms with Gasteiger partial charge in [0, 0.05) is 12.6 Å². The smallest absolute Gasteiger partial charge is 0.275 e. The van der Waals surface area contributed by atoms with Gasteiger partial charge >= 0.3 is 0 Å². The number of fused-ring (bicyclic) bond motifs is 1. The summed E-state index contributed by atoms with van der Waals surface area (Å²) in [5.41, 5.74) is 2.43. The normalized spacial score (nSPS) is 17.6. The molecule has 0 unspecified atom stereocenters. The summed E-state index contributed by atoms with van der Waals surface area (Å²) in [6.07, 6.45) is 3.74. The standard InChI is InChI=1S/C14H21N5OS/c1-15-5-2-11-3-6-18(7-4-11)9-12-8-13(20)19-14(17-12)21-10-16-19/h8,10-11,15H,2-7,9H2,1H3. The van der Waals surface area contributed by atoms with Crippen molar-refractivity contribution < 1.29 is 0 Å². The van der Waals surface area contributed by atoms with Gasteiger partial charge in [-0.25, -0.2) is 4.98 Å². The Labute approximate surface area is 127 Å². The second-order valence-corrected chi connectivity index (χ2v) is 6.44. The van der Waals surface area contributed by atoms with Gasteiger partial charge in [0.1, 0.15) is 5.51 Å². The van der Waals surface area contributed by atoms with E-state index in [9.17, 15) is 4.79 Å². The van der Waals surface area contributed by atoms with Crippen LogP contribution in [0.15, 0.2) is 16.4 Å². The third kappa shape index (κ3) is 3.48. The van der Waals surface area contributed by atoms with E-state index in [1.807, 2.05) is 7.05 Å². The van der Waals surface area contributed by atoms with E-state index >= 15 is 0 Å². The summed E-state index contributed by atoms with van der Waals surface area (Å²) >= 11 is 1.40. The average molecular weight is 307 g/mol. The average Bonchev–Trinajstić information content (AvgIpc) is 2.95. The lowest BCUT2D eigenvalue weighted by atomic mass is 9.93. The van der Waals surface area contributed by atoms with E-state index in [0.717, 1.165) is 37.8 Å². The van der Waals surface area contributed by atoms with Crippen LogP contribution in [0.5, 0.6) is 0 Å². The van der Waals surface area contributed by atoms with Crippen molar-refractivity contribution in [2.45, 2.75) is 25.8 Å². The first kappa shape index (κ1) is 14.6. The van der Waals surface area contributed by atoms with Crippen LogP contribution < -0.4 is 10.9 Å². The predicted octanol–water partition coefficient (Wildman–Crippen LogP) is 0.972. The maximum Gasteiger partial charge on any atom is 0.275 e. The molecule has 6 nitrogen and oxygen atoms in total. The summed E-state index contributed by atoms with van der Waals surface area (Å²) in [5.74, 6) is 0.830. The summed E-state index contributed by atoms with van der Waals surface area (Å²) in [5, 5.41) is 7.21. The first-order valence-electron chi connectivity index (χ1n) is 7.45. The van der Waals surface area contributed by atoms with Crippen LogP contribution in [0, 0.1) is 5.92 Å². The highest BCUT2D eigenvalue weighted by Crippen LogP contribution is 2.21. The Balaban J connectivity index is 1.60. The van der Waals surface area contributed by atoms with Gasteiger partial charge < -0.3 is 5.32 Å². The molecule has 21 heavy (non-hydrogen) atoms. The molecule has 0 bridgehead atoms. The number of hydrogen-bond donors (Lipinski definition) is 1. The molecule has 1 aliphatic rings. The van der Waals surface area contributed by atoms with Crippen molar-refractivity contribution >= 4 is 16.3 Å². The van der Waals surface area contributed by atoms with Crippen LogP contribution >= 0.6 is 11.3 Å². The topological polar surface area (TPSA) is 62.5 Å². The number of hydrogen-bond acceptors (Lipinski definition) is 6. The molecule has 1 N–H and O–H groups in total. The molecule has 2 aromatic heterocycles. The van der Waals surface area contributed by atoms with Gasteiger partial charge in [-0.1, -0.05) is 11.3 Å².